The molecule has 0 spiro atoms. The minimum absolute atomic E-state index is 0.138. The molecule has 16 heavy (non-hydrogen) atoms. The van der Waals surface area contributed by atoms with E-state index in [-0.39, 0.29) is 13.0 Å². The Balaban J connectivity index is 4.45. The standard InChI is InChI=1S/C7H14N2O6S/c8-3-4-16(14,15)9-5(7(12)13)1-2-6(10)11/h5,9H,1-4,8H2,(H,10,11)(H,12,13)/t5-/m0/s1. The van der Waals surface area contributed by atoms with Crippen molar-refractivity contribution in [1.82, 2.24) is 4.72 Å². The van der Waals surface area contributed by atoms with Gasteiger partial charge in [-0.15, -0.1) is 0 Å². The molecule has 5 N–H and O–H groups in total. The first kappa shape index (κ1) is 14.8. The predicted octanol–water partition coefficient (Wildman–Crippen LogP) is -1.82. The molecule has 0 aromatic rings. The fourth-order valence-electron chi connectivity index (χ4n) is 0.931. The van der Waals surface area contributed by atoms with Crippen LogP contribution in [-0.4, -0.2) is 48.9 Å². The molecule has 0 fully saturated rings. The highest BCUT2D eigenvalue weighted by Crippen LogP contribution is 2.00. The van der Waals surface area contributed by atoms with Crippen molar-refractivity contribution < 1.29 is 28.2 Å². The number of sulfonamides is 1. The van der Waals surface area contributed by atoms with Crippen LogP contribution in [0.25, 0.3) is 0 Å². The van der Waals surface area contributed by atoms with Crippen molar-refractivity contribution in [3.63, 3.8) is 0 Å². The maximum Gasteiger partial charge on any atom is 0.321 e. The molecule has 0 aliphatic carbocycles. The molecule has 9 heteroatoms. The molecule has 0 aromatic carbocycles. The van der Waals surface area contributed by atoms with Crippen LogP contribution in [0.2, 0.25) is 0 Å². The molecular weight excluding hydrogens is 240 g/mol. The number of nitrogens with two attached hydrogens (primary N) is 1. The predicted molar refractivity (Wildman–Crippen MR) is 54.3 cm³/mol. The van der Waals surface area contributed by atoms with Crippen LogP contribution in [0, 0.1) is 0 Å². The van der Waals surface area contributed by atoms with Crippen molar-refractivity contribution in [1.29, 1.82) is 0 Å². The summed E-state index contributed by atoms with van der Waals surface area (Å²) in [7, 11) is -3.77. The average molecular weight is 254 g/mol. The molecule has 1 atom stereocenters. The van der Waals surface area contributed by atoms with Crippen LogP contribution in [0.4, 0.5) is 0 Å². The van der Waals surface area contributed by atoms with Crippen molar-refractivity contribution >= 4 is 22.0 Å². The van der Waals surface area contributed by atoms with Crippen molar-refractivity contribution in [2.45, 2.75) is 18.9 Å². The zero-order valence-electron chi connectivity index (χ0n) is 8.42. The fourth-order valence-corrected chi connectivity index (χ4v) is 2.01. The Morgan fingerprint density at radius 1 is 1.31 bits per heavy atom. The number of aliphatic carboxylic acids is 2. The van der Waals surface area contributed by atoms with Gasteiger partial charge in [-0.3, -0.25) is 9.59 Å². The highest BCUT2D eigenvalue weighted by atomic mass is 32.2. The molecular formula is C7H14N2O6S. The molecule has 0 bridgehead atoms. The molecule has 0 radical (unpaired) electrons. The summed E-state index contributed by atoms with van der Waals surface area (Å²) in [6.07, 6.45) is -0.740. The van der Waals surface area contributed by atoms with E-state index in [1.807, 2.05) is 4.72 Å². The van der Waals surface area contributed by atoms with Crippen molar-refractivity contribution in [3.05, 3.63) is 0 Å². The molecule has 0 heterocycles. The number of rotatable bonds is 8. The first-order chi connectivity index (χ1) is 7.28. The first-order valence-corrected chi connectivity index (χ1v) is 6.08. The molecule has 0 aliphatic heterocycles. The maximum atomic E-state index is 11.2. The van der Waals surface area contributed by atoms with Gasteiger partial charge in [0.2, 0.25) is 10.0 Å². The van der Waals surface area contributed by atoms with E-state index < -0.39 is 40.2 Å². The van der Waals surface area contributed by atoms with E-state index in [4.69, 9.17) is 15.9 Å². The number of hydrogen-bond donors (Lipinski definition) is 4. The molecule has 0 saturated carbocycles. The average Bonchev–Trinajstić information content (AvgIpc) is 2.11. The molecule has 0 aliphatic rings. The van der Waals surface area contributed by atoms with Crippen LogP contribution < -0.4 is 10.5 Å². The van der Waals surface area contributed by atoms with Gasteiger partial charge in [-0.2, -0.15) is 0 Å². The van der Waals surface area contributed by atoms with Gasteiger partial charge in [0.05, 0.1) is 5.75 Å². The van der Waals surface area contributed by atoms with E-state index in [1.54, 1.807) is 0 Å². The number of carboxylic acid groups (broad SMARTS) is 2. The van der Waals surface area contributed by atoms with Gasteiger partial charge in [0.1, 0.15) is 6.04 Å². The van der Waals surface area contributed by atoms with Crippen molar-refractivity contribution in [2.24, 2.45) is 5.73 Å². The minimum Gasteiger partial charge on any atom is -0.481 e. The van der Waals surface area contributed by atoms with Crippen molar-refractivity contribution in [3.8, 4) is 0 Å². The second-order valence-corrected chi connectivity index (χ2v) is 4.92. The third-order valence-corrected chi connectivity index (χ3v) is 3.07. The lowest BCUT2D eigenvalue weighted by molar-refractivity contribution is -0.140. The van der Waals surface area contributed by atoms with E-state index in [0.717, 1.165) is 0 Å². The highest BCUT2D eigenvalue weighted by molar-refractivity contribution is 7.89. The lowest BCUT2D eigenvalue weighted by Gasteiger charge is -2.13. The molecule has 94 valence electrons. The Kier molecular flexibility index (Phi) is 5.93. The topological polar surface area (TPSA) is 147 Å². The quantitative estimate of drug-likeness (QED) is 0.398. The summed E-state index contributed by atoms with van der Waals surface area (Å²) < 4.78 is 24.3. The fraction of sp³-hybridized carbons (Fsp3) is 0.714. The molecule has 0 unspecified atom stereocenters. The van der Waals surface area contributed by atoms with E-state index >= 15 is 0 Å². The number of carbonyl (C=O) groups is 2. The summed E-state index contributed by atoms with van der Waals surface area (Å²) >= 11 is 0. The van der Waals surface area contributed by atoms with E-state index in [1.165, 1.54) is 0 Å². The second-order valence-electron chi connectivity index (χ2n) is 3.05. The van der Waals surface area contributed by atoms with Gasteiger partial charge in [-0.05, 0) is 6.42 Å². The van der Waals surface area contributed by atoms with Crippen LogP contribution >= 0.6 is 0 Å². The van der Waals surface area contributed by atoms with Crippen LogP contribution in [0.1, 0.15) is 12.8 Å². The largest absolute Gasteiger partial charge is 0.481 e. The Hall–Kier alpha value is -1.19. The number of carboxylic acids is 2. The van der Waals surface area contributed by atoms with Crippen LogP contribution in [-0.2, 0) is 19.6 Å². The Morgan fingerprint density at radius 2 is 1.88 bits per heavy atom. The summed E-state index contributed by atoms with van der Waals surface area (Å²) in [5.74, 6) is -3.00. The summed E-state index contributed by atoms with van der Waals surface area (Å²) in [5.41, 5.74) is 5.03. The van der Waals surface area contributed by atoms with Crippen LogP contribution in [0.5, 0.6) is 0 Å². The molecule has 0 aromatic heterocycles. The van der Waals surface area contributed by atoms with E-state index in [0.29, 0.717) is 0 Å². The lowest BCUT2D eigenvalue weighted by atomic mass is 10.2. The Labute approximate surface area is 92.5 Å². The summed E-state index contributed by atoms with van der Waals surface area (Å²) in [6.45, 7) is -0.138. The zero-order valence-corrected chi connectivity index (χ0v) is 9.24. The summed E-state index contributed by atoms with van der Waals surface area (Å²) in [6, 6.07) is -1.44. The van der Waals surface area contributed by atoms with Gasteiger partial charge in [0, 0.05) is 13.0 Å². The van der Waals surface area contributed by atoms with Crippen LogP contribution in [0.15, 0.2) is 0 Å². The maximum absolute atomic E-state index is 11.2. The Morgan fingerprint density at radius 3 is 2.25 bits per heavy atom. The van der Waals surface area contributed by atoms with Crippen molar-refractivity contribution in [2.75, 3.05) is 12.3 Å². The van der Waals surface area contributed by atoms with E-state index in [2.05, 4.69) is 0 Å². The number of hydrogen-bond acceptors (Lipinski definition) is 5. The summed E-state index contributed by atoms with van der Waals surface area (Å²) in [4.78, 5) is 20.9. The van der Waals surface area contributed by atoms with Gasteiger partial charge < -0.3 is 15.9 Å². The SMILES string of the molecule is NCCS(=O)(=O)N[C@@H](CCC(=O)O)C(=O)O. The monoisotopic (exact) mass is 254 g/mol. The normalized spacial score (nSPS) is 13.3. The van der Waals surface area contributed by atoms with Gasteiger partial charge in [-0.25, -0.2) is 13.1 Å². The van der Waals surface area contributed by atoms with Gasteiger partial charge in [-0.1, -0.05) is 0 Å². The molecule has 0 saturated heterocycles. The smallest absolute Gasteiger partial charge is 0.321 e. The van der Waals surface area contributed by atoms with Gasteiger partial charge >= 0.3 is 11.9 Å². The highest BCUT2D eigenvalue weighted by Gasteiger charge is 2.23. The zero-order chi connectivity index (χ0) is 12.8. The molecule has 8 nitrogen and oxygen atoms in total. The second kappa shape index (κ2) is 6.40. The Bertz CT molecular complexity index is 352. The third-order valence-electron chi connectivity index (χ3n) is 1.65. The summed E-state index contributed by atoms with van der Waals surface area (Å²) in [5, 5.41) is 17.0. The van der Waals surface area contributed by atoms with Gasteiger partial charge in [0.15, 0.2) is 0 Å². The molecule has 0 rings (SSSR count). The molecule has 0 amide bonds. The third kappa shape index (κ3) is 6.32. The van der Waals surface area contributed by atoms with Crippen LogP contribution in [0.3, 0.4) is 0 Å². The first-order valence-electron chi connectivity index (χ1n) is 4.43. The van der Waals surface area contributed by atoms with Gasteiger partial charge in [0.25, 0.3) is 0 Å². The van der Waals surface area contributed by atoms with E-state index in [9.17, 15) is 18.0 Å². The lowest BCUT2D eigenvalue weighted by Crippen LogP contribution is -2.43. The number of nitrogens with one attached hydrogen (secondary N) is 1. The minimum atomic E-state index is -3.77.